The molecule has 1 N–H and O–H groups in total. The molecule has 126 valence electrons. The van der Waals surface area contributed by atoms with E-state index in [1.807, 2.05) is 24.3 Å². The lowest BCUT2D eigenvalue weighted by Crippen LogP contribution is -2.30. The van der Waals surface area contributed by atoms with E-state index in [1.54, 1.807) is 11.8 Å². The number of halogens is 3. The molecule has 2 aromatic rings. The lowest BCUT2D eigenvalue weighted by molar-refractivity contribution is -0.137. The highest BCUT2D eigenvalue weighted by molar-refractivity contribution is 7.98. The van der Waals surface area contributed by atoms with Gasteiger partial charge in [0, 0.05) is 29.3 Å². The summed E-state index contributed by atoms with van der Waals surface area (Å²) in [6.45, 7) is 1.73. The summed E-state index contributed by atoms with van der Waals surface area (Å²) in [5, 5.41) is 3.31. The number of hydrogen-bond donors (Lipinski definition) is 1. The van der Waals surface area contributed by atoms with Gasteiger partial charge in [-0.2, -0.15) is 13.2 Å². The molecule has 0 spiro atoms. The van der Waals surface area contributed by atoms with Crippen molar-refractivity contribution in [2.45, 2.75) is 23.2 Å². The van der Waals surface area contributed by atoms with Crippen LogP contribution in [0.1, 0.15) is 23.1 Å². The molecule has 1 aliphatic rings. The fraction of sp³-hybridized carbons (Fsp3) is 0.278. The standard InChI is InChI=1S/C18H17F3N2S/c19-18(20,21)14-8-6-13(7-9-14)12-24-16-5-2-1-4-15(16)17-22-10-3-11-23-17/h1-2,4-9H,3,10-12H2,(H,22,23). The molecule has 0 amide bonds. The Labute approximate surface area is 143 Å². The maximum Gasteiger partial charge on any atom is 0.416 e. The molecule has 2 aromatic carbocycles. The Balaban J connectivity index is 1.72. The van der Waals surface area contributed by atoms with E-state index in [9.17, 15) is 13.2 Å². The van der Waals surface area contributed by atoms with Gasteiger partial charge < -0.3 is 5.32 Å². The fourth-order valence-electron chi connectivity index (χ4n) is 2.45. The van der Waals surface area contributed by atoms with Gasteiger partial charge in [-0.3, -0.25) is 4.99 Å². The summed E-state index contributed by atoms with van der Waals surface area (Å²) in [6, 6.07) is 13.3. The van der Waals surface area contributed by atoms with Crippen molar-refractivity contribution in [1.82, 2.24) is 5.32 Å². The Morgan fingerprint density at radius 2 is 1.79 bits per heavy atom. The van der Waals surface area contributed by atoms with Crippen molar-refractivity contribution in [1.29, 1.82) is 0 Å². The molecule has 1 aliphatic heterocycles. The van der Waals surface area contributed by atoms with Gasteiger partial charge in [0.15, 0.2) is 0 Å². The van der Waals surface area contributed by atoms with Crippen LogP contribution in [0.3, 0.4) is 0 Å². The van der Waals surface area contributed by atoms with Crippen LogP contribution in [-0.2, 0) is 11.9 Å². The fourth-order valence-corrected chi connectivity index (χ4v) is 3.46. The number of aliphatic imine (C=N–C) groups is 1. The molecule has 24 heavy (non-hydrogen) atoms. The number of benzene rings is 2. The number of nitrogens with zero attached hydrogens (tertiary/aromatic N) is 1. The largest absolute Gasteiger partial charge is 0.416 e. The first-order valence-corrected chi connectivity index (χ1v) is 8.69. The molecule has 0 aromatic heterocycles. The number of hydrogen-bond acceptors (Lipinski definition) is 3. The van der Waals surface area contributed by atoms with Gasteiger partial charge >= 0.3 is 6.18 Å². The van der Waals surface area contributed by atoms with E-state index in [1.165, 1.54) is 12.1 Å². The second-order valence-corrected chi connectivity index (χ2v) is 6.51. The van der Waals surface area contributed by atoms with E-state index >= 15 is 0 Å². The molecule has 1 heterocycles. The third-order valence-electron chi connectivity index (χ3n) is 3.72. The zero-order chi connectivity index (χ0) is 17.0. The van der Waals surface area contributed by atoms with Gasteiger partial charge in [-0.25, -0.2) is 0 Å². The van der Waals surface area contributed by atoms with Gasteiger partial charge in [-0.05, 0) is 30.2 Å². The normalized spacial score (nSPS) is 14.9. The Kier molecular flexibility index (Phi) is 5.14. The summed E-state index contributed by atoms with van der Waals surface area (Å²) < 4.78 is 37.8. The lowest BCUT2D eigenvalue weighted by Gasteiger charge is -2.17. The zero-order valence-electron chi connectivity index (χ0n) is 12.9. The highest BCUT2D eigenvalue weighted by Crippen LogP contribution is 2.31. The second-order valence-electron chi connectivity index (χ2n) is 5.49. The summed E-state index contributed by atoms with van der Waals surface area (Å²) in [6.07, 6.45) is -3.26. The van der Waals surface area contributed by atoms with Crippen molar-refractivity contribution in [2.75, 3.05) is 13.1 Å². The average Bonchev–Trinajstić information content (AvgIpc) is 2.60. The van der Waals surface area contributed by atoms with Crippen molar-refractivity contribution in [3.05, 3.63) is 65.2 Å². The third kappa shape index (κ3) is 4.12. The first-order valence-electron chi connectivity index (χ1n) is 7.71. The molecule has 0 aliphatic carbocycles. The number of rotatable bonds is 4. The SMILES string of the molecule is FC(F)(F)c1ccc(CSc2ccccc2C2=NCCCN2)cc1. The van der Waals surface area contributed by atoms with Gasteiger partial charge in [-0.15, -0.1) is 11.8 Å². The predicted molar refractivity (Wildman–Crippen MR) is 91.5 cm³/mol. The lowest BCUT2D eigenvalue weighted by atomic mass is 10.1. The van der Waals surface area contributed by atoms with E-state index in [-0.39, 0.29) is 0 Å². The smallest absolute Gasteiger partial charge is 0.370 e. The van der Waals surface area contributed by atoms with E-state index in [4.69, 9.17) is 0 Å². The molecule has 0 unspecified atom stereocenters. The molecule has 0 radical (unpaired) electrons. The number of amidine groups is 1. The minimum absolute atomic E-state index is 0.614. The topological polar surface area (TPSA) is 24.4 Å². The van der Waals surface area contributed by atoms with E-state index < -0.39 is 11.7 Å². The van der Waals surface area contributed by atoms with E-state index in [0.717, 1.165) is 53.5 Å². The first-order chi connectivity index (χ1) is 11.5. The molecule has 0 saturated heterocycles. The quantitative estimate of drug-likeness (QED) is 0.806. The van der Waals surface area contributed by atoms with E-state index in [2.05, 4.69) is 10.3 Å². The summed E-state index contributed by atoms with van der Waals surface area (Å²) >= 11 is 1.61. The Hall–Kier alpha value is -1.95. The zero-order valence-corrected chi connectivity index (χ0v) is 13.8. The highest BCUT2D eigenvalue weighted by atomic mass is 32.2. The molecule has 6 heteroatoms. The summed E-state index contributed by atoms with van der Waals surface area (Å²) in [5.41, 5.74) is 1.30. The maximum atomic E-state index is 12.6. The maximum absolute atomic E-state index is 12.6. The Morgan fingerprint density at radius 3 is 2.46 bits per heavy atom. The van der Waals surface area contributed by atoms with Crippen LogP contribution in [-0.4, -0.2) is 18.9 Å². The first kappa shape index (κ1) is 16.9. The van der Waals surface area contributed by atoms with Gasteiger partial charge in [0.1, 0.15) is 5.84 Å². The van der Waals surface area contributed by atoms with Gasteiger partial charge in [0.05, 0.1) is 5.56 Å². The number of nitrogens with one attached hydrogen (secondary N) is 1. The summed E-state index contributed by atoms with van der Waals surface area (Å²) in [4.78, 5) is 5.60. The van der Waals surface area contributed by atoms with Crippen molar-refractivity contribution in [2.24, 2.45) is 4.99 Å². The monoisotopic (exact) mass is 350 g/mol. The van der Waals surface area contributed by atoms with Crippen LogP contribution in [0.5, 0.6) is 0 Å². The Bertz CT molecular complexity index is 724. The summed E-state index contributed by atoms with van der Waals surface area (Å²) in [5.74, 6) is 1.51. The van der Waals surface area contributed by atoms with Crippen LogP contribution >= 0.6 is 11.8 Å². The van der Waals surface area contributed by atoms with Crippen LogP contribution in [0.4, 0.5) is 13.2 Å². The van der Waals surface area contributed by atoms with Crippen LogP contribution < -0.4 is 5.32 Å². The Morgan fingerprint density at radius 1 is 1.04 bits per heavy atom. The van der Waals surface area contributed by atoms with Crippen LogP contribution in [0.15, 0.2) is 58.4 Å². The predicted octanol–water partition coefficient (Wildman–Crippen LogP) is 4.74. The summed E-state index contributed by atoms with van der Waals surface area (Å²) in [7, 11) is 0. The van der Waals surface area contributed by atoms with Gasteiger partial charge in [0.25, 0.3) is 0 Å². The third-order valence-corrected chi connectivity index (χ3v) is 4.86. The van der Waals surface area contributed by atoms with Gasteiger partial charge in [-0.1, -0.05) is 30.3 Å². The molecular weight excluding hydrogens is 333 g/mol. The molecular formula is C18H17F3N2S. The van der Waals surface area contributed by atoms with Gasteiger partial charge in [0.2, 0.25) is 0 Å². The molecule has 0 saturated carbocycles. The van der Waals surface area contributed by atoms with Crippen molar-refractivity contribution < 1.29 is 13.2 Å². The number of thioether (sulfide) groups is 1. The van der Waals surface area contributed by atoms with Crippen molar-refractivity contribution in [3.63, 3.8) is 0 Å². The average molecular weight is 350 g/mol. The minimum atomic E-state index is -4.29. The number of alkyl halides is 3. The molecule has 0 fully saturated rings. The molecule has 3 rings (SSSR count). The molecule has 0 bridgehead atoms. The van der Waals surface area contributed by atoms with Crippen LogP contribution in [0.2, 0.25) is 0 Å². The van der Waals surface area contributed by atoms with Crippen LogP contribution in [0, 0.1) is 0 Å². The highest BCUT2D eigenvalue weighted by Gasteiger charge is 2.29. The van der Waals surface area contributed by atoms with Crippen LogP contribution in [0.25, 0.3) is 0 Å². The minimum Gasteiger partial charge on any atom is -0.370 e. The van der Waals surface area contributed by atoms with Crippen molar-refractivity contribution >= 4 is 17.6 Å². The molecule has 0 atom stereocenters. The van der Waals surface area contributed by atoms with Crippen molar-refractivity contribution in [3.8, 4) is 0 Å². The van der Waals surface area contributed by atoms with E-state index in [0.29, 0.717) is 5.75 Å². The molecule has 2 nitrogen and oxygen atoms in total. The second kappa shape index (κ2) is 7.30.